The number of rotatable bonds is 6. The van der Waals surface area contributed by atoms with E-state index in [4.69, 9.17) is 9.47 Å². The Bertz CT molecular complexity index is 494. The summed E-state index contributed by atoms with van der Waals surface area (Å²) in [5.74, 6) is 1.31. The number of methoxy groups -OCH3 is 1. The van der Waals surface area contributed by atoms with E-state index in [1.54, 1.807) is 20.1 Å². The molecular formula is C13H20O4S. The molecule has 0 N–H and O–H groups in total. The second-order valence-electron chi connectivity index (χ2n) is 4.26. The predicted molar refractivity (Wildman–Crippen MR) is 72.2 cm³/mol. The van der Waals surface area contributed by atoms with Crippen LogP contribution >= 0.6 is 0 Å². The van der Waals surface area contributed by atoms with Gasteiger partial charge in [-0.15, -0.1) is 0 Å². The van der Waals surface area contributed by atoms with Gasteiger partial charge in [0.15, 0.2) is 11.5 Å². The lowest BCUT2D eigenvalue weighted by Crippen LogP contribution is -2.18. The lowest BCUT2D eigenvalue weighted by Gasteiger charge is -2.13. The summed E-state index contributed by atoms with van der Waals surface area (Å²) in [5.41, 5.74) is 0.928. The second-order valence-corrected chi connectivity index (χ2v) is 6.73. The summed E-state index contributed by atoms with van der Waals surface area (Å²) < 4.78 is 33.5. The van der Waals surface area contributed by atoms with Crippen molar-refractivity contribution in [2.75, 3.05) is 20.0 Å². The molecular weight excluding hydrogens is 252 g/mol. The molecule has 1 rings (SSSR count). The fourth-order valence-electron chi connectivity index (χ4n) is 1.60. The van der Waals surface area contributed by atoms with Gasteiger partial charge in [0.2, 0.25) is 0 Å². The van der Waals surface area contributed by atoms with E-state index in [9.17, 15) is 8.42 Å². The number of hydrogen-bond acceptors (Lipinski definition) is 4. The number of benzene rings is 1. The highest BCUT2D eigenvalue weighted by Gasteiger charge is 2.16. The molecule has 18 heavy (non-hydrogen) atoms. The first kappa shape index (κ1) is 14.8. The molecule has 1 unspecified atom stereocenters. The molecule has 4 nitrogen and oxygen atoms in total. The summed E-state index contributed by atoms with van der Waals surface area (Å²) >= 11 is 0. The Morgan fingerprint density at radius 3 is 2.44 bits per heavy atom. The molecule has 0 spiro atoms. The largest absolute Gasteiger partial charge is 0.493 e. The van der Waals surface area contributed by atoms with Crippen LogP contribution in [0, 0.1) is 0 Å². The summed E-state index contributed by atoms with van der Waals surface area (Å²) in [5, 5.41) is -0.402. The van der Waals surface area contributed by atoms with E-state index in [2.05, 4.69) is 0 Å². The van der Waals surface area contributed by atoms with E-state index >= 15 is 0 Å². The minimum Gasteiger partial charge on any atom is -0.493 e. The molecule has 0 heterocycles. The third-order valence-electron chi connectivity index (χ3n) is 2.78. The highest BCUT2D eigenvalue weighted by molar-refractivity contribution is 7.91. The molecule has 0 aliphatic carbocycles. The molecule has 0 bridgehead atoms. The highest BCUT2D eigenvalue weighted by Crippen LogP contribution is 2.28. The van der Waals surface area contributed by atoms with Crippen molar-refractivity contribution >= 4 is 9.84 Å². The summed E-state index contributed by atoms with van der Waals surface area (Å²) in [7, 11) is -1.43. The maximum atomic E-state index is 11.4. The minimum atomic E-state index is -3.01. The van der Waals surface area contributed by atoms with Gasteiger partial charge in [0.1, 0.15) is 9.84 Å². The zero-order valence-corrected chi connectivity index (χ0v) is 12.1. The Hall–Kier alpha value is -1.23. The number of ether oxygens (including phenoxy) is 2. The Kier molecular flexibility index (Phi) is 5.02. The molecule has 0 aromatic heterocycles. The van der Waals surface area contributed by atoms with Crippen LogP contribution in [0.2, 0.25) is 0 Å². The van der Waals surface area contributed by atoms with Gasteiger partial charge in [0, 0.05) is 6.26 Å². The van der Waals surface area contributed by atoms with Crippen molar-refractivity contribution in [3.8, 4) is 11.5 Å². The van der Waals surface area contributed by atoms with Crippen molar-refractivity contribution in [1.82, 2.24) is 0 Å². The van der Waals surface area contributed by atoms with Crippen molar-refractivity contribution < 1.29 is 17.9 Å². The molecule has 1 aromatic carbocycles. The van der Waals surface area contributed by atoms with Gasteiger partial charge in [0.25, 0.3) is 0 Å². The van der Waals surface area contributed by atoms with Crippen LogP contribution in [-0.2, 0) is 16.3 Å². The molecule has 0 saturated heterocycles. The average molecular weight is 272 g/mol. The van der Waals surface area contributed by atoms with Gasteiger partial charge < -0.3 is 9.47 Å². The minimum absolute atomic E-state index is 0.402. The van der Waals surface area contributed by atoms with Gasteiger partial charge in [-0.1, -0.05) is 6.07 Å². The van der Waals surface area contributed by atoms with Crippen LogP contribution < -0.4 is 9.47 Å². The molecule has 0 amide bonds. The first-order valence-corrected chi connectivity index (χ1v) is 7.82. The van der Waals surface area contributed by atoms with E-state index in [1.165, 1.54) is 6.26 Å². The first-order valence-electron chi connectivity index (χ1n) is 5.87. The van der Waals surface area contributed by atoms with Gasteiger partial charge in [-0.25, -0.2) is 8.42 Å². The monoisotopic (exact) mass is 272 g/mol. The first-order chi connectivity index (χ1) is 8.38. The SMILES string of the molecule is CCOc1cc(CC(C)S(C)(=O)=O)ccc1OC. The molecule has 0 aliphatic heterocycles. The summed E-state index contributed by atoms with van der Waals surface area (Å²) in [6.07, 6.45) is 1.73. The third kappa shape index (κ3) is 3.91. The van der Waals surface area contributed by atoms with Crippen molar-refractivity contribution in [2.24, 2.45) is 0 Å². The number of hydrogen-bond donors (Lipinski definition) is 0. The normalized spacial score (nSPS) is 13.1. The van der Waals surface area contributed by atoms with Crippen molar-refractivity contribution in [3.63, 3.8) is 0 Å². The van der Waals surface area contributed by atoms with Gasteiger partial charge in [0.05, 0.1) is 19.0 Å². The van der Waals surface area contributed by atoms with Gasteiger partial charge in [-0.3, -0.25) is 0 Å². The Balaban J connectivity index is 2.94. The average Bonchev–Trinajstić information content (AvgIpc) is 2.28. The summed E-state index contributed by atoms with van der Waals surface area (Å²) in [4.78, 5) is 0. The predicted octanol–water partition coefficient (Wildman–Crippen LogP) is 2.07. The van der Waals surface area contributed by atoms with E-state index in [-0.39, 0.29) is 0 Å². The summed E-state index contributed by atoms with van der Waals surface area (Å²) in [6, 6.07) is 5.50. The number of sulfone groups is 1. The Labute approximate surface area is 109 Å². The van der Waals surface area contributed by atoms with Gasteiger partial charge in [-0.05, 0) is 38.0 Å². The zero-order chi connectivity index (χ0) is 13.8. The molecule has 0 radical (unpaired) electrons. The van der Waals surface area contributed by atoms with Crippen LogP contribution in [0.15, 0.2) is 18.2 Å². The maximum absolute atomic E-state index is 11.4. The standard InChI is InChI=1S/C13H20O4S/c1-5-17-13-9-11(6-7-12(13)16-3)8-10(2)18(4,14)15/h6-7,9-10H,5,8H2,1-4H3. The van der Waals surface area contributed by atoms with Gasteiger partial charge in [-0.2, -0.15) is 0 Å². The van der Waals surface area contributed by atoms with Crippen molar-refractivity contribution in [3.05, 3.63) is 23.8 Å². The molecule has 102 valence electrons. The zero-order valence-electron chi connectivity index (χ0n) is 11.3. The smallest absolute Gasteiger partial charge is 0.161 e. The van der Waals surface area contributed by atoms with E-state index in [0.717, 1.165) is 5.56 Å². The van der Waals surface area contributed by atoms with Crippen LogP contribution in [0.4, 0.5) is 0 Å². The highest BCUT2D eigenvalue weighted by atomic mass is 32.2. The van der Waals surface area contributed by atoms with Crippen LogP contribution in [0.1, 0.15) is 19.4 Å². The Morgan fingerprint density at radius 1 is 1.28 bits per heavy atom. The van der Waals surface area contributed by atoms with Crippen molar-refractivity contribution in [2.45, 2.75) is 25.5 Å². The third-order valence-corrected chi connectivity index (χ3v) is 4.41. The van der Waals surface area contributed by atoms with E-state index in [1.807, 2.05) is 19.1 Å². The van der Waals surface area contributed by atoms with Crippen LogP contribution in [0.25, 0.3) is 0 Å². The quantitative estimate of drug-likeness (QED) is 0.795. The molecule has 1 atom stereocenters. The molecule has 5 heteroatoms. The van der Waals surface area contributed by atoms with Crippen LogP contribution in [0.5, 0.6) is 11.5 Å². The molecule has 0 fully saturated rings. The van der Waals surface area contributed by atoms with Crippen LogP contribution in [-0.4, -0.2) is 33.6 Å². The topological polar surface area (TPSA) is 52.6 Å². The molecule has 1 aromatic rings. The Morgan fingerprint density at radius 2 is 1.94 bits per heavy atom. The van der Waals surface area contributed by atoms with Gasteiger partial charge >= 0.3 is 0 Å². The molecule has 0 aliphatic rings. The van der Waals surface area contributed by atoms with E-state index < -0.39 is 15.1 Å². The van der Waals surface area contributed by atoms with Crippen molar-refractivity contribution in [1.29, 1.82) is 0 Å². The lowest BCUT2D eigenvalue weighted by molar-refractivity contribution is 0.310. The van der Waals surface area contributed by atoms with Crippen LogP contribution in [0.3, 0.4) is 0 Å². The fraction of sp³-hybridized carbons (Fsp3) is 0.538. The second kappa shape index (κ2) is 6.09. The summed E-state index contributed by atoms with van der Waals surface area (Å²) in [6.45, 7) is 4.15. The fourth-order valence-corrected chi connectivity index (χ4v) is 2.09. The van der Waals surface area contributed by atoms with E-state index in [0.29, 0.717) is 24.5 Å². The lowest BCUT2D eigenvalue weighted by atomic mass is 10.1. The maximum Gasteiger partial charge on any atom is 0.161 e. The molecule has 0 saturated carbocycles.